The van der Waals surface area contributed by atoms with E-state index >= 15 is 0 Å². The molecule has 0 saturated carbocycles. The minimum Gasteiger partial charge on any atom is -0.426 e. The molecule has 0 spiro atoms. The summed E-state index contributed by atoms with van der Waals surface area (Å²) in [6.45, 7) is 5.97. The summed E-state index contributed by atoms with van der Waals surface area (Å²) in [5.41, 5.74) is 2.03. The van der Waals surface area contributed by atoms with Gasteiger partial charge in [0.15, 0.2) is 0 Å². The van der Waals surface area contributed by atoms with Gasteiger partial charge in [-0.25, -0.2) is 0 Å². The normalized spacial score (nSPS) is 10.1. The van der Waals surface area contributed by atoms with Crippen LogP contribution in [0.5, 0.6) is 5.75 Å². The van der Waals surface area contributed by atoms with E-state index in [1.165, 1.54) is 0 Å². The summed E-state index contributed by atoms with van der Waals surface area (Å²) in [6.07, 6.45) is 2.41. The molecule has 0 saturated heterocycles. The summed E-state index contributed by atoms with van der Waals surface area (Å²) >= 11 is 0. The van der Waals surface area contributed by atoms with Crippen LogP contribution in [-0.2, 0) is 4.79 Å². The Balaban J connectivity index is 2.68. The Labute approximate surface area is 91.3 Å². The molecule has 0 atom stereocenters. The summed E-state index contributed by atoms with van der Waals surface area (Å²) in [7, 11) is 0. The van der Waals surface area contributed by atoms with E-state index in [0.717, 1.165) is 29.7 Å². The SMILES string of the molecule is CCCCC(=O)Oc1c(C)cccc1C. The zero-order valence-corrected chi connectivity index (χ0v) is 9.67. The van der Waals surface area contributed by atoms with Crippen molar-refractivity contribution < 1.29 is 9.53 Å². The number of unbranched alkanes of at least 4 members (excludes halogenated alkanes) is 1. The Kier molecular flexibility index (Phi) is 4.35. The molecular weight excluding hydrogens is 188 g/mol. The van der Waals surface area contributed by atoms with Gasteiger partial charge in [0.25, 0.3) is 0 Å². The predicted molar refractivity (Wildman–Crippen MR) is 61.1 cm³/mol. The molecule has 82 valence electrons. The van der Waals surface area contributed by atoms with Gasteiger partial charge in [0.1, 0.15) is 5.75 Å². The summed E-state index contributed by atoms with van der Waals surface area (Å²) in [5, 5.41) is 0. The van der Waals surface area contributed by atoms with Crippen LogP contribution in [-0.4, -0.2) is 5.97 Å². The van der Waals surface area contributed by atoms with E-state index < -0.39 is 0 Å². The maximum absolute atomic E-state index is 11.5. The first-order valence-corrected chi connectivity index (χ1v) is 5.42. The van der Waals surface area contributed by atoms with Crippen LogP contribution in [0, 0.1) is 13.8 Å². The minimum atomic E-state index is -0.130. The van der Waals surface area contributed by atoms with Crippen molar-refractivity contribution in [2.24, 2.45) is 0 Å². The average molecular weight is 206 g/mol. The van der Waals surface area contributed by atoms with Gasteiger partial charge >= 0.3 is 5.97 Å². The van der Waals surface area contributed by atoms with E-state index in [1.54, 1.807) is 0 Å². The number of carbonyl (C=O) groups excluding carboxylic acids is 1. The van der Waals surface area contributed by atoms with Crippen LogP contribution in [0.3, 0.4) is 0 Å². The summed E-state index contributed by atoms with van der Waals surface area (Å²) < 4.78 is 5.34. The van der Waals surface area contributed by atoms with Crippen LogP contribution < -0.4 is 4.74 Å². The number of rotatable bonds is 4. The summed E-state index contributed by atoms with van der Waals surface area (Å²) in [6, 6.07) is 5.87. The molecule has 0 aliphatic rings. The van der Waals surface area contributed by atoms with Crippen molar-refractivity contribution in [2.45, 2.75) is 40.0 Å². The molecule has 2 heteroatoms. The van der Waals surface area contributed by atoms with E-state index in [4.69, 9.17) is 4.74 Å². The molecule has 2 nitrogen and oxygen atoms in total. The quantitative estimate of drug-likeness (QED) is 0.557. The first kappa shape index (κ1) is 11.8. The van der Waals surface area contributed by atoms with Crippen LogP contribution >= 0.6 is 0 Å². The molecule has 0 heterocycles. The predicted octanol–water partition coefficient (Wildman–Crippen LogP) is 3.40. The fraction of sp³-hybridized carbons (Fsp3) is 0.462. The average Bonchev–Trinajstić information content (AvgIpc) is 2.21. The standard InChI is InChI=1S/C13H18O2/c1-4-5-9-12(14)15-13-10(2)7-6-8-11(13)3/h6-8H,4-5,9H2,1-3H3. The lowest BCUT2D eigenvalue weighted by atomic mass is 10.1. The highest BCUT2D eigenvalue weighted by Crippen LogP contribution is 2.22. The van der Waals surface area contributed by atoms with Crippen LogP contribution in [0.1, 0.15) is 37.3 Å². The topological polar surface area (TPSA) is 26.3 Å². The maximum Gasteiger partial charge on any atom is 0.311 e. The fourth-order valence-electron chi connectivity index (χ4n) is 1.45. The van der Waals surface area contributed by atoms with Crippen molar-refractivity contribution in [3.63, 3.8) is 0 Å². The molecule has 1 aromatic carbocycles. The third kappa shape index (κ3) is 3.39. The number of para-hydroxylation sites is 1. The molecule has 0 N–H and O–H groups in total. The molecule has 0 aromatic heterocycles. The molecule has 15 heavy (non-hydrogen) atoms. The van der Waals surface area contributed by atoms with Gasteiger partial charge < -0.3 is 4.74 Å². The maximum atomic E-state index is 11.5. The molecule has 0 fully saturated rings. The molecule has 0 aliphatic heterocycles. The number of benzene rings is 1. The first-order valence-electron chi connectivity index (χ1n) is 5.42. The van der Waals surface area contributed by atoms with Crippen molar-refractivity contribution in [1.82, 2.24) is 0 Å². The summed E-state index contributed by atoms with van der Waals surface area (Å²) in [4.78, 5) is 11.5. The van der Waals surface area contributed by atoms with Crippen LogP contribution in [0.4, 0.5) is 0 Å². The number of esters is 1. The lowest BCUT2D eigenvalue weighted by molar-refractivity contribution is -0.134. The number of ether oxygens (including phenoxy) is 1. The molecule has 0 unspecified atom stereocenters. The van der Waals surface area contributed by atoms with Crippen molar-refractivity contribution in [3.05, 3.63) is 29.3 Å². The van der Waals surface area contributed by atoms with E-state index in [-0.39, 0.29) is 5.97 Å². The van der Waals surface area contributed by atoms with Gasteiger partial charge in [-0.2, -0.15) is 0 Å². The molecule has 1 aromatic rings. The Bertz CT molecular complexity index is 322. The van der Waals surface area contributed by atoms with E-state index in [0.29, 0.717) is 6.42 Å². The van der Waals surface area contributed by atoms with Crippen molar-refractivity contribution in [3.8, 4) is 5.75 Å². The van der Waals surface area contributed by atoms with E-state index in [9.17, 15) is 4.79 Å². The van der Waals surface area contributed by atoms with E-state index in [1.807, 2.05) is 32.0 Å². The van der Waals surface area contributed by atoms with Gasteiger partial charge in [-0.05, 0) is 31.4 Å². The molecule has 0 amide bonds. The lowest BCUT2D eigenvalue weighted by Crippen LogP contribution is -2.09. The Morgan fingerprint density at radius 1 is 1.27 bits per heavy atom. The number of hydrogen-bond acceptors (Lipinski definition) is 2. The molecule has 0 radical (unpaired) electrons. The van der Waals surface area contributed by atoms with Crippen LogP contribution in [0.15, 0.2) is 18.2 Å². The van der Waals surface area contributed by atoms with Gasteiger partial charge in [-0.15, -0.1) is 0 Å². The third-order valence-electron chi connectivity index (χ3n) is 2.36. The first-order chi connectivity index (χ1) is 7.15. The second kappa shape index (κ2) is 5.54. The molecular formula is C13H18O2. The zero-order chi connectivity index (χ0) is 11.3. The molecule has 0 aliphatic carbocycles. The Morgan fingerprint density at radius 3 is 2.40 bits per heavy atom. The van der Waals surface area contributed by atoms with E-state index in [2.05, 4.69) is 6.92 Å². The summed E-state index contributed by atoms with van der Waals surface area (Å²) in [5.74, 6) is 0.591. The molecule has 1 rings (SSSR count). The highest BCUT2D eigenvalue weighted by molar-refractivity contribution is 5.73. The van der Waals surface area contributed by atoms with Gasteiger partial charge in [-0.1, -0.05) is 31.5 Å². The number of carbonyl (C=O) groups is 1. The largest absolute Gasteiger partial charge is 0.426 e. The van der Waals surface area contributed by atoms with Gasteiger partial charge in [0, 0.05) is 6.42 Å². The minimum absolute atomic E-state index is 0.130. The van der Waals surface area contributed by atoms with Crippen molar-refractivity contribution >= 4 is 5.97 Å². The Morgan fingerprint density at radius 2 is 1.87 bits per heavy atom. The van der Waals surface area contributed by atoms with Gasteiger partial charge in [-0.3, -0.25) is 4.79 Å². The number of aryl methyl sites for hydroxylation is 2. The smallest absolute Gasteiger partial charge is 0.311 e. The monoisotopic (exact) mass is 206 g/mol. The van der Waals surface area contributed by atoms with Crippen molar-refractivity contribution in [2.75, 3.05) is 0 Å². The van der Waals surface area contributed by atoms with Gasteiger partial charge in [0.05, 0.1) is 0 Å². The van der Waals surface area contributed by atoms with Gasteiger partial charge in [0.2, 0.25) is 0 Å². The van der Waals surface area contributed by atoms with Crippen molar-refractivity contribution in [1.29, 1.82) is 0 Å². The molecule has 0 bridgehead atoms. The fourth-order valence-corrected chi connectivity index (χ4v) is 1.45. The lowest BCUT2D eigenvalue weighted by Gasteiger charge is -2.09. The highest BCUT2D eigenvalue weighted by Gasteiger charge is 2.08. The third-order valence-corrected chi connectivity index (χ3v) is 2.36. The zero-order valence-electron chi connectivity index (χ0n) is 9.67. The van der Waals surface area contributed by atoms with Crippen LogP contribution in [0.2, 0.25) is 0 Å². The highest BCUT2D eigenvalue weighted by atomic mass is 16.5. The number of hydrogen-bond donors (Lipinski definition) is 0. The van der Waals surface area contributed by atoms with Crippen LogP contribution in [0.25, 0.3) is 0 Å². The second-order valence-electron chi connectivity index (χ2n) is 3.80. The Hall–Kier alpha value is -1.31. The second-order valence-corrected chi connectivity index (χ2v) is 3.80.